The predicted molar refractivity (Wildman–Crippen MR) is 85.7 cm³/mol. The van der Waals surface area contributed by atoms with E-state index in [0.29, 0.717) is 6.61 Å². The topological polar surface area (TPSA) is 46.5 Å². The predicted octanol–water partition coefficient (Wildman–Crippen LogP) is 2.91. The minimum atomic E-state index is -2.80. The van der Waals surface area contributed by atoms with E-state index in [1.165, 1.54) is 10.6 Å². The van der Waals surface area contributed by atoms with Crippen LogP contribution in [-0.2, 0) is 9.09 Å². The monoisotopic (exact) mass is 308 g/mol. The molecular formula is C15H18O3P2. The highest BCUT2D eigenvalue weighted by Gasteiger charge is 2.12. The van der Waals surface area contributed by atoms with Crippen LogP contribution in [0, 0.1) is 0 Å². The van der Waals surface area contributed by atoms with Crippen molar-refractivity contribution in [3.63, 3.8) is 0 Å². The van der Waals surface area contributed by atoms with Gasteiger partial charge in [-0.3, -0.25) is 4.57 Å². The number of rotatable bonds is 7. The van der Waals surface area contributed by atoms with E-state index < -0.39 is 16.2 Å². The molecule has 0 aliphatic heterocycles. The molecule has 0 fully saturated rings. The van der Waals surface area contributed by atoms with Gasteiger partial charge in [0.05, 0.1) is 6.61 Å². The minimum Gasteiger partial charge on any atom is -0.326 e. The standard InChI is InChI=1S/C15H18O3P2/c16-20(17)18-12-7-13-19(14-8-3-1-4-9-14)15-10-5-2-6-11-15/h1-6,8-11,20H,7,12-13H2,(H,16,17). The van der Waals surface area contributed by atoms with Crippen molar-refractivity contribution in [3.05, 3.63) is 60.7 Å². The highest BCUT2D eigenvalue weighted by atomic mass is 31.1. The molecule has 0 amide bonds. The van der Waals surface area contributed by atoms with Gasteiger partial charge in [0, 0.05) is 0 Å². The first-order valence-corrected chi connectivity index (χ1v) is 9.30. The summed E-state index contributed by atoms with van der Waals surface area (Å²) in [4.78, 5) is 8.68. The normalized spacial score (nSPS) is 12.5. The summed E-state index contributed by atoms with van der Waals surface area (Å²) in [6.07, 6.45) is 1.74. The third kappa shape index (κ3) is 4.85. The van der Waals surface area contributed by atoms with E-state index >= 15 is 0 Å². The average molecular weight is 308 g/mol. The van der Waals surface area contributed by atoms with Crippen LogP contribution in [0.15, 0.2) is 60.7 Å². The van der Waals surface area contributed by atoms with Gasteiger partial charge in [-0.1, -0.05) is 60.7 Å². The van der Waals surface area contributed by atoms with E-state index in [4.69, 9.17) is 9.42 Å². The Balaban J connectivity index is 2.07. The summed E-state index contributed by atoms with van der Waals surface area (Å²) in [5, 5.41) is 2.65. The van der Waals surface area contributed by atoms with Crippen molar-refractivity contribution in [2.24, 2.45) is 0 Å². The third-order valence-corrected chi connectivity index (χ3v) is 5.94. The molecule has 0 saturated carbocycles. The molecule has 2 aromatic carbocycles. The van der Waals surface area contributed by atoms with Crippen molar-refractivity contribution in [1.29, 1.82) is 0 Å². The molecule has 0 saturated heterocycles. The van der Waals surface area contributed by atoms with Crippen molar-refractivity contribution >= 4 is 26.8 Å². The van der Waals surface area contributed by atoms with Gasteiger partial charge in [-0.15, -0.1) is 0 Å². The molecule has 0 bridgehead atoms. The van der Waals surface area contributed by atoms with Crippen LogP contribution in [0.25, 0.3) is 0 Å². The number of benzene rings is 2. The molecule has 0 spiro atoms. The van der Waals surface area contributed by atoms with Crippen LogP contribution in [0.5, 0.6) is 0 Å². The maximum atomic E-state index is 10.6. The molecule has 1 atom stereocenters. The van der Waals surface area contributed by atoms with Gasteiger partial charge in [-0.05, 0) is 31.1 Å². The van der Waals surface area contributed by atoms with Crippen LogP contribution in [0.3, 0.4) is 0 Å². The second-order valence-electron chi connectivity index (χ2n) is 4.29. The lowest BCUT2D eigenvalue weighted by atomic mass is 10.4. The molecule has 0 aliphatic carbocycles. The van der Waals surface area contributed by atoms with Crippen molar-refractivity contribution in [1.82, 2.24) is 0 Å². The molecule has 106 valence electrons. The van der Waals surface area contributed by atoms with Crippen LogP contribution in [0.4, 0.5) is 0 Å². The van der Waals surface area contributed by atoms with E-state index in [-0.39, 0.29) is 0 Å². The first kappa shape index (κ1) is 15.4. The highest BCUT2D eigenvalue weighted by Crippen LogP contribution is 2.34. The summed E-state index contributed by atoms with van der Waals surface area (Å²) in [7, 11) is -3.24. The van der Waals surface area contributed by atoms with Gasteiger partial charge in [-0.2, -0.15) is 0 Å². The van der Waals surface area contributed by atoms with Crippen molar-refractivity contribution < 1.29 is 14.0 Å². The summed E-state index contributed by atoms with van der Waals surface area (Å²) >= 11 is 0. The Morgan fingerprint density at radius 1 is 0.950 bits per heavy atom. The second-order valence-corrected chi connectivity index (χ2v) is 7.45. The maximum Gasteiger partial charge on any atom is 0.316 e. The molecule has 1 unspecified atom stereocenters. The Bertz CT molecular complexity index is 492. The molecule has 3 nitrogen and oxygen atoms in total. The molecule has 2 aromatic rings. The Morgan fingerprint density at radius 2 is 1.45 bits per heavy atom. The molecule has 0 aliphatic rings. The minimum absolute atomic E-state index is 0.340. The Labute approximate surface area is 121 Å². The van der Waals surface area contributed by atoms with Gasteiger partial charge in [-0.25, -0.2) is 0 Å². The van der Waals surface area contributed by atoms with Gasteiger partial charge in [0.25, 0.3) is 0 Å². The van der Waals surface area contributed by atoms with Crippen LogP contribution in [0.1, 0.15) is 6.42 Å². The number of hydrogen-bond acceptors (Lipinski definition) is 2. The summed E-state index contributed by atoms with van der Waals surface area (Å²) in [6, 6.07) is 20.8. The molecule has 20 heavy (non-hydrogen) atoms. The van der Waals surface area contributed by atoms with Crippen molar-refractivity contribution in [2.45, 2.75) is 6.42 Å². The van der Waals surface area contributed by atoms with Crippen LogP contribution in [0.2, 0.25) is 0 Å². The molecular weight excluding hydrogens is 290 g/mol. The molecule has 5 heteroatoms. The van der Waals surface area contributed by atoms with E-state index in [2.05, 4.69) is 48.5 Å². The van der Waals surface area contributed by atoms with Crippen molar-refractivity contribution in [3.8, 4) is 0 Å². The fourth-order valence-corrected chi connectivity index (χ4v) is 4.65. The molecule has 0 heterocycles. The highest BCUT2D eigenvalue weighted by molar-refractivity contribution is 7.73. The summed E-state index contributed by atoms with van der Waals surface area (Å²) < 4.78 is 15.3. The first-order valence-electron chi connectivity index (χ1n) is 6.51. The summed E-state index contributed by atoms with van der Waals surface area (Å²) in [5.41, 5.74) is 0. The zero-order chi connectivity index (χ0) is 14.2. The summed E-state index contributed by atoms with van der Waals surface area (Å²) in [5.74, 6) is 0. The summed E-state index contributed by atoms with van der Waals surface area (Å²) in [6.45, 7) is 0.340. The fourth-order valence-electron chi connectivity index (χ4n) is 2.01. The zero-order valence-corrected chi connectivity index (χ0v) is 13.0. The fraction of sp³-hybridized carbons (Fsp3) is 0.200. The SMILES string of the molecule is O=[PH](O)OCCCP(c1ccccc1)c1ccccc1. The van der Waals surface area contributed by atoms with Gasteiger partial charge in [0.1, 0.15) is 0 Å². The second kappa shape index (κ2) is 8.34. The lowest BCUT2D eigenvalue weighted by Gasteiger charge is -2.18. The van der Waals surface area contributed by atoms with E-state index in [9.17, 15) is 4.57 Å². The molecule has 0 radical (unpaired) electrons. The molecule has 1 N–H and O–H groups in total. The van der Waals surface area contributed by atoms with Gasteiger partial charge < -0.3 is 9.42 Å². The van der Waals surface area contributed by atoms with Gasteiger partial charge in [0.2, 0.25) is 0 Å². The van der Waals surface area contributed by atoms with E-state index in [1.807, 2.05) is 12.1 Å². The first-order chi connectivity index (χ1) is 9.77. The van der Waals surface area contributed by atoms with Crippen LogP contribution in [-0.4, -0.2) is 17.7 Å². The lowest BCUT2D eigenvalue weighted by Crippen LogP contribution is -2.14. The Morgan fingerprint density at radius 3 is 1.90 bits per heavy atom. The molecule has 0 aromatic heterocycles. The van der Waals surface area contributed by atoms with E-state index in [0.717, 1.165) is 12.6 Å². The average Bonchev–Trinajstić information content (AvgIpc) is 2.49. The quantitative estimate of drug-likeness (QED) is 0.632. The smallest absolute Gasteiger partial charge is 0.316 e. The van der Waals surface area contributed by atoms with E-state index in [1.54, 1.807) is 0 Å². The van der Waals surface area contributed by atoms with Gasteiger partial charge >= 0.3 is 8.25 Å². The van der Waals surface area contributed by atoms with Crippen LogP contribution >= 0.6 is 16.2 Å². The maximum absolute atomic E-state index is 10.6. The molecule has 2 rings (SSSR count). The number of hydrogen-bond donors (Lipinski definition) is 1. The Kier molecular flexibility index (Phi) is 6.42. The lowest BCUT2D eigenvalue weighted by molar-refractivity contribution is 0.283. The Hall–Kier alpha value is -0.980. The van der Waals surface area contributed by atoms with Gasteiger partial charge in [0.15, 0.2) is 0 Å². The zero-order valence-electron chi connectivity index (χ0n) is 11.1. The largest absolute Gasteiger partial charge is 0.326 e. The van der Waals surface area contributed by atoms with Crippen LogP contribution < -0.4 is 10.6 Å². The van der Waals surface area contributed by atoms with Crippen molar-refractivity contribution in [2.75, 3.05) is 12.8 Å². The third-order valence-electron chi connectivity index (χ3n) is 2.89.